The van der Waals surface area contributed by atoms with E-state index in [1.165, 1.54) is 36.4 Å². The highest BCUT2D eigenvalue weighted by Crippen LogP contribution is 2.24. The molecule has 9 heteroatoms. The van der Waals surface area contributed by atoms with E-state index >= 15 is 0 Å². The molecule has 0 aromatic heterocycles. The summed E-state index contributed by atoms with van der Waals surface area (Å²) in [5.41, 5.74) is 1.46. The second kappa shape index (κ2) is 7.69. The third kappa shape index (κ3) is 3.78. The number of imide groups is 1. The summed E-state index contributed by atoms with van der Waals surface area (Å²) in [5, 5.41) is 0.400. The van der Waals surface area contributed by atoms with E-state index in [4.69, 9.17) is 4.84 Å². The number of sulfonamides is 1. The first kappa shape index (κ1) is 20.3. The molecule has 1 heterocycles. The topological polar surface area (TPSA) is 110 Å². The number of benzene rings is 3. The Morgan fingerprint density at radius 2 is 1.39 bits per heavy atom. The summed E-state index contributed by atoms with van der Waals surface area (Å²) >= 11 is 0. The SMILES string of the molecule is Cc1ccccc1NS(=O)(=O)c1ccc(C(=O)ON2C(=O)c3ccccc3C2=O)cc1. The first-order valence-electron chi connectivity index (χ1n) is 9.16. The summed E-state index contributed by atoms with van der Waals surface area (Å²) in [6.45, 7) is 1.77. The molecule has 3 aromatic rings. The molecule has 0 atom stereocenters. The Kier molecular flexibility index (Phi) is 5.04. The zero-order chi connectivity index (χ0) is 22.2. The first-order chi connectivity index (χ1) is 14.8. The van der Waals surface area contributed by atoms with Crippen LogP contribution >= 0.6 is 0 Å². The van der Waals surface area contributed by atoms with Crippen molar-refractivity contribution in [1.29, 1.82) is 0 Å². The number of nitrogens with zero attached hydrogens (tertiary/aromatic N) is 1. The van der Waals surface area contributed by atoms with E-state index in [1.54, 1.807) is 43.3 Å². The van der Waals surface area contributed by atoms with Gasteiger partial charge >= 0.3 is 5.97 Å². The number of nitrogens with one attached hydrogen (secondary N) is 1. The van der Waals surface area contributed by atoms with Crippen LogP contribution in [0.25, 0.3) is 0 Å². The lowest BCUT2D eigenvalue weighted by molar-refractivity contribution is -0.0584. The molecular weight excluding hydrogens is 420 g/mol. The molecule has 0 radical (unpaired) electrons. The molecule has 0 spiro atoms. The lowest BCUT2D eigenvalue weighted by atomic mass is 10.1. The van der Waals surface area contributed by atoms with Crippen molar-refractivity contribution in [3.05, 3.63) is 95.1 Å². The summed E-state index contributed by atoms with van der Waals surface area (Å²) in [6.07, 6.45) is 0. The largest absolute Gasteiger partial charge is 0.363 e. The van der Waals surface area contributed by atoms with E-state index in [2.05, 4.69) is 4.72 Å². The first-order valence-corrected chi connectivity index (χ1v) is 10.6. The zero-order valence-electron chi connectivity index (χ0n) is 16.2. The minimum absolute atomic E-state index is 0.0219. The number of carbonyl (C=O) groups excluding carboxylic acids is 3. The summed E-state index contributed by atoms with van der Waals surface area (Å²) < 4.78 is 27.7. The van der Waals surface area contributed by atoms with E-state index in [1.807, 2.05) is 0 Å². The van der Waals surface area contributed by atoms with Crippen LogP contribution in [0.15, 0.2) is 77.7 Å². The van der Waals surface area contributed by atoms with Gasteiger partial charge in [0.1, 0.15) is 0 Å². The number of carbonyl (C=O) groups is 3. The number of para-hydroxylation sites is 1. The van der Waals surface area contributed by atoms with Crippen LogP contribution in [0, 0.1) is 6.92 Å². The van der Waals surface area contributed by atoms with Crippen molar-refractivity contribution in [2.45, 2.75) is 11.8 Å². The van der Waals surface area contributed by atoms with Crippen LogP contribution in [0.5, 0.6) is 0 Å². The molecule has 0 bridgehead atoms. The number of hydrogen-bond acceptors (Lipinski definition) is 6. The van der Waals surface area contributed by atoms with Gasteiger partial charge in [-0.3, -0.25) is 14.3 Å². The van der Waals surface area contributed by atoms with Gasteiger partial charge in [-0.05, 0) is 55.0 Å². The highest BCUT2D eigenvalue weighted by atomic mass is 32.2. The molecule has 0 saturated heterocycles. The lowest BCUT2D eigenvalue weighted by Crippen LogP contribution is -2.32. The third-order valence-corrected chi connectivity index (χ3v) is 6.10. The van der Waals surface area contributed by atoms with E-state index in [0.29, 0.717) is 10.8 Å². The average Bonchev–Trinajstić information content (AvgIpc) is 3.00. The van der Waals surface area contributed by atoms with Gasteiger partial charge in [0.05, 0.1) is 27.3 Å². The fourth-order valence-corrected chi connectivity index (χ4v) is 4.18. The monoisotopic (exact) mass is 436 g/mol. The van der Waals surface area contributed by atoms with Gasteiger partial charge in [-0.1, -0.05) is 35.4 Å². The maximum atomic E-state index is 12.6. The van der Waals surface area contributed by atoms with E-state index in [0.717, 1.165) is 5.56 Å². The van der Waals surface area contributed by atoms with E-state index < -0.39 is 27.8 Å². The van der Waals surface area contributed by atoms with Crippen LogP contribution in [-0.4, -0.2) is 31.3 Å². The van der Waals surface area contributed by atoms with E-state index in [-0.39, 0.29) is 21.6 Å². The Morgan fingerprint density at radius 3 is 1.97 bits per heavy atom. The molecule has 0 aliphatic carbocycles. The minimum Gasteiger partial charge on any atom is -0.324 e. The number of anilines is 1. The van der Waals surface area contributed by atoms with Gasteiger partial charge in [0.25, 0.3) is 21.8 Å². The molecular formula is C22H16N2O6S. The molecule has 0 fully saturated rings. The minimum atomic E-state index is -3.88. The summed E-state index contributed by atoms with van der Waals surface area (Å²) in [6, 6.07) is 18.0. The van der Waals surface area contributed by atoms with Crippen LogP contribution in [-0.2, 0) is 14.9 Å². The summed E-state index contributed by atoms with van der Waals surface area (Å²) in [4.78, 5) is 41.9. The predicted octanol–water partition coefficient (Wildman–Crippen LogP) is 3.16. The number of amides is 2. The van der Waals surface area contributed by atoms with Gasteiger partial charge in [-0.2, -0.15) is 0 Å². The Balaban J connectivity index is 1.50. The number of hydrogen-bond donors (Lipinski definition) is 1. The van der Waals surface area contributed by atoms with Crippen molar-refractivity contribution >= 4 is 33.5 Å². The Morgan fingerprint density at radius 1 is 0.839 bits per heavy atom. The number of hydroxylamine groups is 2. The van der Waals surface area contributed by atoms with Gasteiger partial charge in [0.15, 0.2) is 0 Å². The molecule has 3 aromatic carbocycles. The van der Waals surface area contributed by atoms with Crippen molar-refractivity contribution in [3.63, 3.8) is 0 Å². The second-order valence-corrected chi connectivity index (χ2v) is 8.46. The Bertz CT molecular complexity index is 1280. The van der Waals surface area contributed by atoms with Crippen LogP contribution in [0.2, 0.25) is 0 Å². The van der Waals surface area contributed by atoms with Gasteiger partial charge in [0.2, 0.25) is 0 Å². The van der Waals surface area contributed by atoms with Gasteiger partial charge in [-0.25, -0.2) is 13.2 Å². The third-order valence-electron chi connectivity index (χ3n) is 4.72. The Hall–Kier alpha value is -3.98. The highest BCUT2D eigenvalue weighted by molar-refractivity contribution is 7.92. The second-order valence-electron chi connectivity index (χ2n) is 6.77. The maximum Gasteiger partial charge on any atom is 0.363 e. The zero-order valence-corrected chi connectivity index (χ0v) is 17.0. The maximum absolute atomic E-state index is 12.6. The molecule has 156 valence electrons. The molecule has 2 amide bonds. The molecule has 31 heavy (non-hydrogen) atoms. The lowest BCUT2D eigenvalue weighted by Gasteiger charge is -2.13. The van der Waals surface area contributed by atoms with Crippen LogP contribution < -0.4 is 4.72 Å². The smallest absolute Gasteiger partial charge is 0.324 e. The van der Waals surface area contributed by atoms with Crippen molar-refractivity contribution < 1.29 is 27.6 Å². The Labute approximate surface area is 178 Å². The molecule has 0 saturated carbocycles. The molecule has 8 nitrogen and oxygen atoms in total. The van der Waals surface area contributed by atoms with E-state index in [9.17, 15) is 22.8 Å². The number of rotatable bonds is 5. The molecule has 1 N–H and O–H groups in total. The molecule has 1 aliphatic heterocycles. The van der Waals surface area contributed by atoms with Crippen LogP contribution in [0.3, 0.4) is 0 Å². The van der Waals surface area contributed by atoms with Crippen molar-refractivity contribution in [2.24, 2.45) is 0 Å². The van der Waals surface area contributed by atoms with Crippen LogP contribution in [0.1, 0.15) is 36.6 Å². The standard InChI is InChI=1S/C22H16N2O6S/c1-14-6-2-5-9-19(14)23-31(28,29)16-12-10-15(11-13-16)22(27)30-24-20(25)17-7-3-4-8-18(17)21(24)26/h2-13,23H,1H3. The van der Waals surface area contributed by atoms with Crippen molar-refractivity contribution in [2.75, 3.05) is 4.72 Å². The number of fused-ring (bicyclic) bond motifs is 1. The van der Waals surface area contributed by atoms with Gasteiger partial charge in [0, 0.05) is 0 Å². The normalized spacial score (nSPS) is 13.1. The summed E-state index contributed by atoms with van der Waals surface area (Å²) in [5.74, 6) is -2.45. The van der Waals surface area contributed by atoms with Crippen molar-refractivity contribution in [3.8, 4) is 0 Å². The fourth-order valence-electron chi connectivity index (χ4n) is 3.05. The van der Waals surface area contributed by atoms with Crippen molar-refractivity contribution in [1.82, 2.24) is 5.06 Å². The molecule has 4 rings (SSSR count). The van der Waals surface area contributed by atoms with Crippen LogP contribution in [0.4, 0.5) is 5.69 Å². The average molecular weight is 436 g/mol. The van der Waals surface area contributed by atoms with Gasteiger partial charge < -0.3 is 4.84 Å². The van der Waals surface area contributed by atoms with Gasteiger partial charge in [-0.15, -0.1) is 0 Å². The quantitative estimate of drug-likeness (QED) is 0.615. The fraction of sp³-hybridized carbons (Fsp3) is 0.0455. The number of aryl methyl sites for hydroxylation is 1. The predicted molar refractivity (Wildman–Crippen MR) is 111 cm³/mol. The molecule has 0 unspecified atom stereocenters. The summed E-state index contributed by atoms with van der Waals surface area (Å²) in [7, 11) is -3.88. The molecule has 1 aliphatic rings. The highest BCUT2D eigenvalue weighted by Gasteiger charge is 2.38.